The molecule has 0 aliphatic heterocycles. The molecule has 0 aliphatic carbocycles. The summed E-state index contributed by atoms with van der Waals surface area (Å²) in [7, 11) is 1.85. The van der Waals surface area contributed by atoms with Crippen LogP contribution in [-0.4, -0.2) is 19.7 Å². The van der Waals surface area contributed by atoms with E-state index in [1.165, 1.54) is 6.20 Å². The van der Waals surface area contributed by atoms with Crippen LogP contribution in [0.3, 0.4) is 0 Å². The van der Waals surface area contributed by atoms with Crippen LogP contribution in [-0.2, 0) is 13.6 Å². The first-order chi connectivity index (χ1) is 7.79. The molecule has 6 heteroatoms. The lowest BCUT2D eigenvalue weighted by molar-refractivity contribution is 0.767. The highest BCUT2D eigenvalue weighted by molar-refractivity contribution is 5.46. The maximum Gasteiger partial charge on any atom is 0.182 e. The van der Waals surface area contributed by atoms with Gasteiger partial charge in [-0.1, -0.05) is 0 Å². The van der Waals surface area contributed by atoms with E-state index >= 15 is 0 Å². The lowest BCUT2D eigenvalue weighted by atomic mass is 10.3. The molecule has 16 heavy (non-hydrogen) atoms. The fraction of sp³-hybridized carbons (Fsp3) is 0.200. The largest absolute Gasteiger partial charge is 0.363 e. The number of nitriles is 1. The van der Waals surface area contributed by atoms with Gasteiger partial charge in [0.05, 0.1) is 6.20 Å². The van der Waals surface area contributed by atoms with Gasteiger partial charge in [-0.25, -0.2) is 9.97 Å². The SMILES string of the molecule is Cn1cc(CNc2nccnc2C#N)cn1. The minimum atomic E-state index is 0.298. The van der Waals surface area contributed by atoms with E-state index in [-0.39, 0.29) is 0 Å². The van der Waals surface area contributed by atoms with Gasteiger partial charge in [0.15, 0.2) is 11.5 Å². The molecule has 0 amide bonds. The Labute approximate surface area is 92.6 Å². The normalized spacial score (nSPS) is 9.75. The zero-order chi connectivity index (χ0) is 11.4. The highest BCUT2D eigenvalue weighted by Crippen LogP contribution is 2.08. The van der Waals surface area contributed by atoms with Crippen molar-refractivity contribution < 1.29 is 0 Å². The second-order valence-corrected chi connectivity index (χ2v) is 3.24. The number of hydrogen-bond acceptors (Lipinski definition) is 5. The van der Waals surface area contributed by atoms with Crippen molar-refractivity contribution in [3.05, 3.63) is 36.0 Å². The first-order valence-corrected chi connectivity index (χ1v) is 4.72. The molecule has 2 heterocycles. The number of anilines is 1. The summed E-state index contributed by atoms with van der Waals surface area (Å²) < 4.78 is 1.72. The number of aromatic nitrogens is 4. The summed E-state index contributed by atoms with van der Waals surface area (Å²) in [5.74, 6) is 0.494. The molecule has 2 aromatic heterocycles. The van der Waals surface area contributed by atoms with Crippen molar-refractivity contribution in [1.29, 1.82) is 5.26 Å². The molecule has 0 radical (unpaired) electrons. The number of rotatable bonds is 3. The molecule has 6 nitrogen and oxygen atoms in total. The van der Waals surface area contributed by atoms with E-state index in [1.807, 2.05) is 19.3 Å². The van der Waals surface area contributed by atoms with Crippen LogP contribution in [0.4, 0.5) is 5.82 Å². The Hall–Kier alpha value is -2.42. The molecule has 0 aromatic carbocycles. The van der Waals surface area contributed by atoms with Gasteiger partial charge < -0.3 is 5.32 Å². The Balaban J connectivity index is 2.08. The Bertz CT molecular complexity index is 524. The van der Waals surface area contributed by atoms with Gasteiger partial charge in [0.25, 0.3) is 0 Å². The number of nitrogens with one attached hydrogen (secondary N) is 1. The molecule has 0 saturated carbocycles. The van der Waals surface area contributed by atoms with Crippen LogP contribution in [0.5, 0.6) is 0 Å². The van der Waals surface area contributed by atoms with Crippen molar-refractivity contribution in [1.82, 2.24) is 19.7 Å². The van der Waals surface area contributed by atoms with Crippen LogP contribution in [0.1, 0.15) is 11.3 Å². The van der Waals surface area contributed by atoms with Crippen LogP contribution in [0.15, 0.2) is 24.8 Å². The quantitative estimate of drug-likeness (QED) is 0.813. The van der Waals surface area contributed by atoms with Gasteiger partial charge >= 0.3 is 0 Å². The monoisotopic (exact) mass is 214 g/mol. The summed E-state index contributed by atoms with van der Waals surface area (Å²) >= 11 is 0. The van der Waals surface area contributed by atoms with Crippen molar-refractivity contribution in [2.24, 2.45) is 7.05 Å². The van der Waals surface area contributed by atoms with Crippen LogP contribution >= 0.6 is 0 Å². The van der Waals surface area contributed by atoms with Crippen LogP contribution in [0.2, 0.25) is 0 Å². The third-order valence-electron chi connectivity index (χ3n) is 2.02. The predicted molar refractivity (Wildman–Crippen MR) is 57.3 cm³/mol. The Kier molecular flexibility index (Phi) is 2.78. The Morgan fingerprint density at radius 3 is 2.94 bits per heavy atom. The Morgan fingerprint density at radius 2 is 2.25 bits per heavy atom. The molecule has 2 aromatic rings. The van der Waals surface area contributed by atoms with E-state index in [1.54, 1.807) is 17.1 Å². The molecule has 0 atom stereocenters. The van der Waals surface area contributed by atoms with Crippen molar-refractivity contribution in [3.63, 3.8) is 0 Å². The molecule has 0 bridgehead atoms. The summed E-state index contributed by atoms with van der Waals surface area (Å²) in [4.78, 5) is 7.96. The highest BCUT2D eigenvalue weighted by Gasteiger charge is 2.03. The van der Waals surface area contributed by atoms with Crippen LogP contribution in [0.25, 0.3) is 0 Å². The van der Waals surface area contributed by atoms with E-state index in [9.17, 15) is 0 Å². The lowest BCUT2D eigenvalue weighted by Crippen LogP contribution is -2.03. The van der Waals surface area contributed by atoms with Crippen molar-refractivity contribution >= 4 is 5.82 Å². The van der Waals surface area contributed by atoms with E-state index in [0.717, 1.165) is 5.56 Å². The topological polar surface area (TPSA) is 79.4 Å². The smallest absolute Gasteiger partial charge is 0.182 e. The molecule has 2 rings (SSSR count). The van der Waals surface area contributed by atoms with Crippen molar-refractivity contribution in [2.75, 3.05) is 5.32 Å². The third-order valence-corrected chi connectivity index (χ3v) is 2.02. The molecule has 0 saturated heterocycles. The molecule has 1 N–H and O–H groups in total. The van der Waals surface area contributed by atoms with Gasteiger partial charge in [0, 0.05) is 37.7 Å². The maximum atomic E-state index is 8.81. The average Bonchev–Trinajstić information content (AvgIpc) is 2.73. The fourth-order valence-electron chi connectivity index (χ4n) is 1.30. The number of aryl methyl sites for hydroxylation is 1. The zero-order valence-corrected chi connectivity index (χ0v) is 8.75. The number of nitrogens with zero attached hydrogens (tertiary/aromatic N) is 5. The summed E-state index contributed by atoms with van der Waals surface area (Å²) in [5, 5.41) is 15.9. The lowest BCUT2D eigenvalue weighted by Gasteiger charge is -2.03. The van der Waals surface area contributed by atoms with Gasteiger partial charge in [-0.15, -0.1) is 0 Å². The van der Waals surface area contributed by atoms with E-state index in [2.05, 4.69) is 20.4 Å². The molecular weight excluding hydrogens is 204 g/mol. The van der Waals surface area contributed by atoms with Gasteiger partial charge in [-0.05, 0) is 0 Å². The van der Waals surface area contributed by atoms with Crippen molar-refractivity contribution in [3.8, 4) is 6.07 Å². The van der Waals surface area contributed by atoms with Crippen molar-refractivity contribution in [2.45, 2.75) is 6.54 Å². The maximum absolute atomic E-state index is 8.81. The van der Waals surface area contributed by atoms with Crippen LogP contribution in [0, 0.1) is 11.3 Å². The Morgan fingerprint density at radius 1 is 1.44 bits per heavy atom. The molecule has 0 fully saturated rings. The third kappa shape index (κ3) is 2.15. The van der Waals surface area contributed by atoms with E-state index in [4.69, 9.17) is 5.26 Å². The number of hydrogen-bond donors (Lipinski definition) is 1. The van der Waals surface area contributed by atoms with Gasteiger partial charge in [0.2, 0.25) is 0 Å². The first kappa shape index (κ1) is 10.1. The fourth-order valence-corrected chi connectivity index (χ4v) is 1.30. The van der Waals surface area contributed by atoms with E-state index in [0.29, 0.717) is 18.1 Å². The van der Waals surface area contributed by atoms with Crippen LogP contribution < -0.4 is 5.32 Å². The highest BCUT2D eigenvalue weighted by atomic mass is 15.2. The molecule has 0 unspecified atom stereocenters. The van der Waals surface area contributed by atoms with E-state index < -0.39 is 0 Å². The second-order valence-electron chi connectivity index (χ2n) is 3.24. The minimum absolute atomic E-state index is 0.298. The van der Waals surface area contributed by atoms with Gasteiger partial charge in [0.1, 0.15) is 6.07 Å². The first-order valence-electron chi connectivity index (χ1n) is 4.72. The van der Waals surface area contributed by atoms with Gasteiger partial charge in [-0.2, -0.15) is 10.4 Å². The molecular formula is C10H10N6. The van der Waals surface area contributed by atoms with Gasteiger partial charge in [-0.3, -0.25) is 4.68 Å². The average molecular weight is 214 g/mol. The summed E-state index contributed by atoms with van der Waals surface area (Å²) in [6.45, 7) is 0.571. The summed E-state index contributed by atoms with van der Waals surface area (Å²) in [6.07, 6.45) is 6.70. The molecule has 0 spiro atoms. The molecule has 80 valence electrons. The predicted octanol–water partition coefficient (Wildman–Crippen LogP) is 0.694. The summed E-state index contributed by atoms with van der Waals surface area (Å²) in [6, 6.07) is 1.98. The standard InChI is InChI=1S/C10H10N6/c1-16-7-8(6-15-16)5-14-10-9(4-11)12-2-3-13-10/h2-3,6-7H,5H2,1H3,(H,13,14). The molecule has 0 aliphatic rings. The zero-order valence-electron chi connectivity index (χ0n) is 8.75. The minimum Gasteiger partial charge on any atom is -0.363 e. The second kappa shape index (κ2) is 4.40. The summed E-state index contributed by atoms with van der Waals surface area (Å²) in [5.41, 5.74) is 1.32.